The monoisotopic (exact) mass is 204 g/mol. The first-order valence-corrected chi connectivity index (χ1v) is 5.45. The Labute approximate surface area is 75.6 Å². The van der Waals surface area contributed by atoms with Crippen molar-refractivity contribution in [2.45, 2.75) is 30.3 Å². The van der Waals surface area contributed by atoms with Gasteiger partial charge in [-0.05, 0) is 25.3 Å². The van der Waals surface area contributed by atoms with Gasteiger partial charge >= 0.3 is 10.2 Å². The summed E-state index contributed by atoms with van der Waals surface area (Å²) in [5.41, 5.74) is 0. The average molecular weight is 204 g/mol. The van der Waals surface area contributed by atoms with Gasteiger partial charge in [0.05, 0.1) is 12.2 Å². The fraction of sp³-hybridized carbons (Fsp3) is 0.571. The van der Waals surface area contributed by atoms with E-state index in [4.69, 9.17) is 0 Å². The molecule has 0 spiro atoms. The Bertz CT molecular complexity index is 408. The molecule has 4 nitrogen and oxygen atoms in total. The first kappa shape index (κ1) is 8.68. The molecule has 13 heavy (non-hydrogen) atoms. The Morgan fingerprint density at radius 1 is 1.54 bits per heavy atom. The molecule has 1 aromatic heterocycles. The number of hydrogen-bond acceptors (Lipinski definition) is 3. The third-order valence-electron chi connectivity index (χ3n) is 2.30. The van der Waals surface area contributed by atoms with Crippen molar-refractivity contribution in [1.29, 1.82) is 0 Å². The molecule has 1 aromatic rings. The van der Waals surface area contributed by atoms with Crippen LogP contribution < -0.4 is 0 Å². The van der Waals surface area contributed by atoms with E-state index in [0.717, 1.165) is 19.3 Å². The van der Waals surface area contributed by atoms with E-state index in [9.17, 15) is 12.3 Å². The topological polar surface area (TPSA) is 52.0 Å². The van der Waals surface area contributed by atoms with Crippen LogP contribution in [0.15, 0.2) is 17.3 Å². The summed E-state index contributed by atoms with van der Waals surface area (Å²) in [5, 5.41) is 3.48. The molecule has 2 rings (SSSR count). The quantitative estimate of drug-likeness (QED) is 0.681. The summed E-state index contributed by atoms with van der Waals surface area (Å²) in [4.78, 5) is 0. The molecular formula is C7H9FN2O2S. The van der Waals surface area contributed by atoms with Crippen LogP contribution in [0.5, 0.6) is 0 Å². The molecule has 1 fully saturated rings. The summed E-state index contributed by atoms with van der Waals surface area (Å²) in [7, 11) is -4.61. The lowest BCUT2D eigenvalue weighted by Crippen LogP contribution is -2.20. The van der Waals surface area contributed by atoms with E-state index in [1.807, 2.05) is 0 Å². The molecule has 0 aromatic carbocycles. The third kappa shape index (κ3) is 1.46. The average Bonchev–Trinajstić information content (AvgIpc) is 2.29. The molecule has 1 heterocycles. The minimum absolute atomic E-state index is 0.0653. The van der Waals surface area contributed by atoms with Crippen LogP contribution in [0.4, 0.5) is 3.89 Å². The summed E-state index contributed by atoms with van der Waals surface area (Å²) in [5.74, 6) is 0. The Kier molecular flexibility index (Phi) is 1.87. The van der Waals surface area contributed by atoms with Crippen molar-refractivity contribution in [1.82, 2.24) is 9.78 Å². The summed E-state index contributed by atoms with van der Waals surface area (Å²) < 4.78 is 35.2. The van der Waals surface area contributed by atoms with Crippen LogP contribution in [-0.2, 0) is 10.2 Å². The van der Waals surface area contributed by atoms with Crippen LogP contribution in [0.2, 0.25) is 0 Å². The molecule has 0 aliphatic heterocycles. The zero-order valence-corrected chi connectivity index (χ0v) is 7.67. The predicted molar refractivity (Wildman–Crippen MR) is 43.4 cm³/mol. The number of halogens is 1. The Morgan fingerprint density at radius 3 is 2.69 bits per heavy atom. The molecule has 1 aliphatic carbocycles. The van der Waals surface area contributed by atoms with Crippen LogP contribution in [-0.4, -0.2) is 18.2 Å². The molecule has 0 radical (unpaired) electrons. The van der Waals surface area contributed by atoms with Gasteiger partial charge in [-0.2, -0.15) is 13.5 Å². The van der Waals surface area contributed by atoms with E-state index in [-0.39, 0.29) is 11.1 Å². The maximum atomic E-state index is 12.6. The lowest BCUT2D eigenvalue weighted by molar-refractivity contribution is 0.270. The van der Waals surface area contributed by atoms with E-state index in [0.29, 0.717) is 0 Å². The molecule has 0 unspecified atom stereocenters. The maximum Gasteiger partial charge on any atom is 0.349 e. The van der Waals surface area contributed by atoms with E-state index in [1.165, 1.54) is 16.9 Å². The standard InChI is InChI=1S/C7H9FN2O2S/c8-13(11,12)7-4-5-9-10(7)6-2-1-3-6/h4-6H,1-3H2. The van der Waals surface area contributed by atoms with Crippen molar-refractivity contribution >= 4 is 10.2 Å². The molecule has 72 valence electrons. The zero-order valence-electron chi connectivity index (χ0n) is 6.85. The third-order valence-corrected chi connectivity index (χ3v) is 3.13. The highest BCUT2D eigenvalue weighted by Gasteiger charge is 2.27. The predicted octanol–water partition coefficient (Wildman–Crippen LogP) is 1.27. The second-order valence-corrected chi connectivity index (χ2v) is 4.43. The molecule has 0 bridgehead atoms. The largest absolute Gasteiger partial charge is 0.349 e. The van der Waals surface area contributed by atoms with Gasteiger partial charge in [-0.15, -0.1) is 0 Å². The highest BCUT2D eigenvalue weighted by molar-refractivity contribution is 7.86. The van der Waals surface area contributed by atoms with Gasteiger partial charge in [0.25, 0.3) is 0 Å². The fourth-order valence-electron chi connectivity index (χ4n) is 1.40. The van der Waals surface area contributed by atoms with Crippen LogP contribution in [0.1, 0.15) is 25.3 Å². The number of rotatable bonds is 2. The van der Waals surface area contributed by atoms with Crippen LogP contribution in [0, 0.1) is 0 Å². The fourth-order valence-corrected chi connectivity index (χ4v) is 2.04. The lowest BCUT2D eigenvalue weighted by atomic mass is 9.93. The van der Waals surface area contributed by atoms with Crippen molar-refractivity contribution in [2.24, 2.45) is 0 Å². The van der Waals surface area contributed by atoms with Crippen molar-refractivity contribution in [2.75, 3.05) is 0 Å². The van der Waals surface area contributed by atoms with Gasteiger partial charge < -0.3 is 0 Å². The van der Waals surface area contributed by atoms with Crippen LogP contribution in [0.3, 0.4) is 0 Å². The molecule has 0 atom stereocenters. The zero-order chi connectivity index (χ0) is 9.47. The highest BCUT2D eigenvalue weighted by Crippen LogP contribution is 2.33. The van der Waals surface area contributed by atoms with Crippen molar-refractivity contribution in [3.63, 3.8) is 0 Å². The summed E-state index contributed by atoms with van der Waals surface area (Å²) >= 11 is 0. The van der Waals surface area contributed by atoms with Gasteiger partial charge in [-0.3, -0.25) is 0 Å². The normalized spacial score (nSPS) is 18.5. The van der Waals surface area contributed by atoms with Crippen molar-refractivity contribution < 1.29 is 12.3 Å². The maximum absolute atomic E-state index is 12.6. The van der Waals surface area contributed by atoms with Crippen molar-refractivity contribution in [3.8, 4) is 0 Å². The molecule has 0 N–H and O–H groups in total. The molecule has 1 aliphatic rings. The van der Waals surface area contributed by atoms with Gasteiger partial charge in [-0.25, -0.2) is 4.68 Å². The summed E-state index contributed by atoms with van der Waals surface area (Å²) in [6, 6.07) is 1.25. The number of nitrogens with zero attached hydrogens (tertiary/aromatic N) is 2. The van der Waals surface area contributed by atoms with Gasteiger partial charge in [0.1, 0.15) is 0 Å². The van der Waals surface area contributed by atoms with Crippen LogP contribution in [0.25, 0.3) is 0 Å². The smallest absolute Gasteiger partial charge is 0.249 e. The van der Waals surface area contributed by atoms with Gasteiger partial charge in [0, 0.05) is 0 Å². The molecule has 0 amide bonds. The summed E-state index contributed by atoms with van der Waals surface area (Å²) in [6.45, 7) is 0. The summed E-state index contributed by atoms with van der Waals surface area (Å²) in [6.07, 6.45) is 4.12. The lowest BCUT2D eigenvalue weighted by Gasteiger charge is -2.26. The first-order chi connectivity index (χ1) is 6.09. The second-order valence-electron chi connectivity index (χ2n) is 3.14. The van der Waals surface area contributed by atoms with Crippen molar-refractivity contribution in [3.05, 3.63) is 12.3 Å². The molecule has 1 saturated carbocycles. The first-order valence-electron chi connectivity index (χ1n) is 4.07. The minimum atomic E-state index is -4.61. The van der Waals surface area contributed by atoms with Gasteiger partial charge in [0.15, 0.2) is 5.03 Å². The molecular weight excluding hydrogens is 195 g/mol. The Hall–Kier alpha value is -0.910. The van der Waals surface area contributed by atoms with E-state index in [1.54, 1.807) is 0 Å². The van der Waals surface area contributed by atoms with E-state index >= 15 is 0 Å². The minimum Gasteiger partial charge on any atom is -0.249 e. The highest BCUT2D eigenvalue weighted by atomic mass is 32.3. The second kappa shape index (κ2) is 2.80. The molecule has 6 heteroatoms. The van der Waals surface area contributed by atoms with E-state index in [2.05, 4.69) is 5.10 Å². The Morgan fingerprint density at radius 2 is 2.23 bits per heavy atom. The Balaban J connectivity index is 2.41. The van der Waals surface area contributed by atoms with Gasteiger partial charge in [-0.1, -0.05) is 3.89 Å². The molecule has 0 saturated heterocycles. The van der Waals surface area contributed by atoms with Gasteiger partial charge in [0.2, 0.25) is 0 Å². The number of aromatic nitrogens is 2. The van der Waals surface area contributed by atoms with E-state index < -0.39 is 10.2 Å². The number of hydrogen-bond donors (Lipinski definition) is 0. The van der Waals surface area contributed by atoms with Crippen LogP contribution >= 0.6 is 0 Å². The SMILES string of the molecule is O=S(=O)(F)c1ccnn1C1CCC1.